The van der Waals surface area contributed by atoms with Gasteiger partial charge in [-0.1, -0.05) is 6.08 Å². The molecule has 0 radical (unpaired) electrons. The molecule has 0 spiro atoms. The van der Waals surface area contributed by atoms with E-state index < -0.39 is 0 Å². The molecule has 2 rings (SSSR count). The SMILES string of the molecule is CCOC(=O)C1=CCC2CCNC2=C1. The van der Waals surface area contributed by atoms with Crippen LogP contribution in [0.1, 0.15) is 19.8 Å². The first-order chi connectivity index (χ1) is 6.81. The van der Waals surface area contributed by atoms with Gasteiger partial charge >= 0.3 is 5.97 Å². The van der Waals surface area contributed by atoms with Crippen LogP contribution in [0.4, 0.5) is 0 Å². The first-order valence-corrected chi connectivity index (χ1v) is 5.14. The normalized spacial score (nSPS) is 24.5. The molecule has 76 valence electrons. The zero-order valence-corrected chi connectivity index (χ0v) is 8.38. The molecular weight excluding hydrogens is 178 g/mol. The minimum Gasteiger partial charge on any atom is -0.462 e. The van der Waals surface area contributed by atoms with Crippen LogP contribution in [0.25, 0.3) is 0 Å². The monoisotopic (exact) mass is 193 g/mol. The average molecular weight is 193 g/mol. The molecule has 3 nitrogen and oxygen atoms in total. The van der Waals surface area contributed by atoms with Gasteiger partial charge in [-0.2, -0.15) is 0 Å². The van der Waals surface area contributed by atoms with Gasteiger partial charge in [0.2, 0.25) is 0 Å². The second-order valence-electron chi connectivity index (χ2n) is 3.63. The maximum absolute atomic E-state index is 11.4. The summed E-state index contributed by atoms with van der Waals surface area (Å²) in [6.45, 7) is 3.29. The molecule has 0 aromatic heterocycles. The van der Waals surface area contributed by atoms with E-state index in [9.17, 15) is 4.79 Å². The van der Waals surface area contributed by atoms with Gasteiger partial charge in [0, 0.05) is 18.2 Å². The number of ether oxygens (including phenoxy) is 1. The van der Waals surface area contributed by atoms with Crippen molar-refractivity contribution < 1.29 is 9.53 Å². The van der Waals surface area contributed by atoms with Crippen molar-refractivity contribution in [1.29, 1.82) is 0 Å². The minimum absolute atomic E-state index is 0.202. The molecule has 1 fully saturated rings. The molecule has 0 saturated carbocycles. The third kappa shape index (κ3) is 1.67. The topological polar surface area (TPSA) is 38.3 Å². The van der Waals surface area contributed by atoms with E-state index in [0.717, 1.165) is 13.0 Å². The van der Waals surface area contributed by atoms with Crippen molar-refractivity contribution in [3.63, 3.8) is 0 Å². The summed E-state index contributed by atoms with van der Waals surface area (Å²) in [7, 11) is 0. The van der Waals surface area contributed by atoms with E-state index in [2.05, 4.69) is 5.32 Å². The van der Waals surface area contributed by atoms with Gasteiger partial charge in [-0.05, 0) is 25.8 Å². The molecule has 3 heteroatoms. The molecule has 0 aromatic rings. The van der Waals surface area contributed by atoms with E-state index >= 15 is 0 Å². The fourth-order valence-electron chi connectivity index (χ4n) is 1.96. The fraction of sp³-hybridized carbons (Fsp3) is 0.545. The van der Waals surface area contributed by atoms with E-state index in [0.29, 0.717) is 18.1 Å². The number of carbonyl (C=O) groups is 1. The summed E-state index contributed by atoms with van der Waals surface area (Å²) in [6, 6.07) is 0. The smallest absolute Gasteiger partial charge is 0.337 e. The number of fused-ring (bicyclic) bond motifs is 1. The van der Waals surface area contributed by atoms with Crippen molar-refractivity contribution in [3.8, 4) is 0 Å². The van der Waals surface area contributed by atoms with Crippen molar-refractivity contribution in [3.05, 3.63) is 23.4 Å². The average Bonchev–Trinajstić information content (AvgIpc) is 2.64. The standard InChI is InChI=1S/C11H15NO2/c1-2-14-11(13)9-4-3-8-5-6-12-10(8)7-9/h4,7-8,12H,2-3,5-6H2,1H3. The maximum atomic E-state index is 11.4. The quantitative estimate of drug-likeness (QED) is 0.673. The lowest BCUT2D eigenvalue weighted by molar-refractivity contribution is -0.138. The van der Waals surface area contributed by atoms with Gasteiger partial charge in [-0.15, -0.1) is 0 Å². The molecule has 1 atom stereocenters. The Balaban J connectivity index is 2.08. The second kappa shape index (κ2) is 3.86. The van der Waals surface area contributed by atoms with Crippen LogP contribution in [0.5, 0.6) is 0 Å². The van der Waals surface area contributed by atoms with E-state index in [-0.39, 0.29) is 5.97 Å². The molecule has 1 unspecified atom stereocenters. The molecule has 1 saturated heterocycles. The van der Waals surface area contributed by atoms with Crippen molar-refractivity contribution in [2.24, 2.45) is 5.92 Å². The number of esters is 1. The maximum Gasteiger partial charge on any atom is 0.337 e. The molecule has 1 aliphatic carbocycles. The van der Waals surface area contributed by atoms with Crippen LogP contribution in [0, 0.1) is 5.92 Å². The summed E-state index contributed by atoms with van der Waals surface area (Å²) in [5.41, 5.74) is 1.91. The summed E-state index contributed by atoms with van der Waals surface area (Å²) in [5.74, 6) is 0.403. The Morgan fingerprint density at radius 2 is 2.57 bits per heavy atom. The third-order valence-electron chi connectivity index (χ3n) is 2.71. The zero-order valence-electron chi connectivity index (χ0n) is 8.38. The highest BCUT2D eigenvalue weighted by Gasteiger charge is 2.24. The number of rotatable bonds is 2. The fourth-order valence-corrected chi connectivity index (χ4v) is 1.96. The lowest BCUT2D eigenvalue weighted by Gasteiger charge is -2.15. The van der Waals surface area contributed by atoms with Crippen LogP contribution >= 0.6 is 0 Å². The minimum atomic E-state index is -0.202. The first-order valence-electron chi connectivity index (χ1n) is 5.14. The highest BCUT2D eigenvalue weighted by atomic mass is 16.5. The summed E-state index contributed by atoms with van der Waals surface area (Å²) >= 11 is 0. The summed E-state index contributed by atoms with van der Waals surface area (Å²) in [6.07, 6.45) is 6.06. The number of carbonyl (C=O) groups excluding carboxylic acids is 1. The van der Waals surface area contributed by atoms with Crippen LogP contribution in [-0.4, -0.2) is 19.1 Å². The number of allylic oxidation sites excluding steroid dienone is 2. The van der Waals surface area contributed by atoms with Crippen molar-refractivity contribution >= 4 is 5.97 Å². The molecule has 0 aromatic carbocycles. The molecule has 1 N–H and O–H groups in total. The van der Waals surface area contributed by atoms with Crippen molar-refractivity contribution in [2.45, 2.75) is 19.8 Å². The summed E-state index contributed by atoms with van der Waals surface area (Å²) in [5, 5.41) is 3.30. The Labute approximate surface area is 83.8 Å². The molecule has 2 aliphatic rings. The highest BCUT2D eigenvalue weighted by molar-refractivity contribution is 5.92. The van der Waals surface area contributed by atoms with E-state index in [1.807, 2.05) is 19.1 Å². The van der Waals surface area contributed by atoms with E-state index in [1.165, 1.54) is 12.1 Å². The van der Waals surface area contributed by atoms with Crippen LogP contribution in [-0.2, 0) is 9.53 Å². The first kappa shape index (κ1) is 9.31. The summed E-state index contributed by atoms with van der Waals surface area (Å²) in [4.78, 5) is 11.4. The third-order valence-corrected chi connectivity index (χ3v) is 2.71. The van der Waals surface area contributed by atoms with Crippen LogP contribution in [0.3, 0.4) is 0 Å². The number of hydrogen-bond donors (Lipinski definition) is 1. The molecule has 14 heavy (non-hydrogen) atoms. The van der Waals surface area contributed by atoms with Gasteiger partial charge in [-0.25, -0.2) is 4.79 Å². The highest BCUT2D eigenvalue weighted by Crippen LogP contribution is 2.29. The van der Waals surface area contributed by atoms with Crippen LogP contribution < -0.4 is 5.32 Å². The second-order valence-corrected chi connectivity index (χ2v) is 3.63. The van der Waals surface area contributed by atoms with E-state index in [4.69, 9.17) is 4.74 Å². The van der Waals surface area contributed by atoms with Gasteiger partial charge in [0.15, 0.2) is 0 Å². The van der Waals surface area contributed by atoms with Crippen LogP contribution in [0.15, 0.2) is 23.4 Å². The zero-order chi connectivity index (χ0) is 9.97. The number of hydrogen-bond acceptors (Lipinski definition) is 3. The summed E-state index contributed by atoms with van der Waals surface area (Å²) < 4.78 is 4.95. The van der Waals surface area contributed by atoms with Crippen molar-refractivity contribution in [2.75, 3.05) is 13.2 Å². The number of nitrogens with one attached hydrogen (secondary N) is 1. The molecule has 0 amide bonds. The predicted molar refractivity (Wildman–Crippen MR) is 53.5 cm³/mol. The Bertz CT molecular complexity index is 304. The molecular formula is C11H15NO2. The Hall–Kier alpha value is -1.25. The van der Waals surface area contributed by atoms with Gasteiger partial charge in [0.1, 0.15) is 0 Å². The molecule has 0 bridgehead atoms. The lowest BCUT2D eigenvalue weighted by Crippen LogP contribution is -2.14. The largest absolute Gasteiger partial charge is 0.462 e. The molecule has 1 heterocycles. The van der Waals surface area contributed by atoms with Gasteiger partial charge in [-0.3, -0.25) is 0 Å². The predicted octanol–water partition coefficient (Wildman–Crippen LogP) is 1.37. The van der Waals surface area contributed by atoms with E-state index in [1.54, 1.807) is 0 Å². The Kier molecular flexibility index (Phi) is 2.57. The van der Waals surface area contributed by atoms with Gasteiger partial charge < -0.3 is 10.1 Å². The Morgan fingerprint density at radius 1 is 1.71 bits per heavy atom. The van der Waals surface area contributed by atoms with Gasteiger partial charge in [0.05, 0.1) is 12.2 Å². The van der Waals surface area contributed by atoms with Crippen LogP contribution in [0.2, 0.25) is 0 Å². The van der Waals surface area contributed by atoms with Crippen molar-refractivity contribution in [1.82, 2.24) is 5.32 Å². The lowest BCUT2D eigenvalue weighted by atomic mass is 9.93. The molecule has 1 aliphatic heterocycles. The Morgan fingerprint density at radius 3 is 3.36 bits per heavy atom. The van der Waals surface area contributed by atoms with Gasteiger partial charge in [0.25, 0.3) is 0 Å².